The molecule has 2 N–H and O–H groups in total. The van der Waals surface area contributed by atoms with E-state index in [2.05, 4.69) is 15.4 Å². The molecule has 35 heavy (non-hydrogen) atoms. The van der Waals surface area contributed by atoms with E-state index < -0.39 is 34.8 Å². The Balaban J connectivity index is 1.70. The van der Waals surface area contributed by atoms with Crippen LogP contribution in [0.5, 0.6) is 0 Å². The highest BCUT2D eigenvalue weighted by Gasteiger charge is 2.38. The van der Waals surface area contributed by atoms with Crippen molar-refractivity contribution in [1.29, 1.82) is 0 Å². The SMILES string of the molecule is C[C@@H](C/C=C/c1ccc(NC(=O)OC(C)(C)C)cc1)[C@](O)(Cn1cncn1)c1ccc(F)cc1F. The van der Waals surface area contributed by atoms with Crippen LogP contribution in [0.3, 0.4) is 0 Å². The molecule has 0 saturated heterocycles. The van der Waals surface area contributed by atoms with Gasteiger partial charge in [0.1, 0.15) is 35.5 Å². The van der Waals surface area contributed by atoms with E-state index in [1.807, 2.05) is 24.3 Å². The number of anilines is 1. The fourth-order valence-corrected chi connectivity index (χ4v) is 3.61. The van der Waals surface area contributed by atoms with E-state index >= 15 is 0 Å². The topological polar surface area (TPSA) is 89.3 Å². The molecule has 1 amide bonds. The van der Waals surface area contributed by atoms with Crippen molar-refractivity contribution in [2.24, 2.45) is 5.92 Å². The number of amides is 1. The lowest BCUT2D eigenvalue weighted by molar-refractivity contribution is -0.0380. The maximum Gasteiger partial charge on any atom is 0.412 e. The maximum absolute atomic E-state index is 14.6. The summed E-state index contributed by atoms with van der Waals surface area (Å²) < 4.78 is 34.8. The molecule has 7 nitrogen and oxygen atoms in total. The number of aliphatic hydroxyl groups is 1. The van der Waals surface area contributed by atoms with E-state index in [0.717, 1.165) is 17.7 Å². The molecule has 2 atom stereocenters. The summed E-state index contributed by atoms with van der Waals surface area (Å²) in [6, 6.07) is 10.3. The fraction of sp³-hybridized carbons (Fsp3) is 0.346. The predicted molar refractivity (Wildman–Crippen MR) is 129 cm³/mol. The quantitative estimate of drug-likeness (QED) is 0.439. The number of allylic oxidation sites excluding steroid dienone is 1. The van der Waals surface area contributed by atoms with Crippen molar-refractivity contribution in [1.82, 2.24) is 14.8 Å². The van der Waals surface area contributed by atoms with Crippen LogP contribution in [0.15, 0.2) is 61.2 Å². The zero-order chi connectivity index (χ0) is 25.6. The van der Waals surface area contributed by atoms with Gasteiger partial charge in [0.05, 0.1) is 6.54 Å². The number of nitrogens with zero attached hydrogens (tertiary/aromatic N) is 3. The molecule has 0 spiro atoms. The lowest BCUT2D eigenvalue weighted by Crippen LogP contribution is -2.39. The minimum Gasteiger partial charge on any atom is -0.444 e. The van der Waals surface area contributed by atoms with Gasteiger partial charge in [-0.05, 0) is 56.9 Å². The average molecular weight is 485 g/mol. The van der Waals surface area contributed by atoms with Gasteiger partial charge in [0.2, 0.25) is 0 Å². The zero-order valence-electron chi connectivity index (χ0n) is 20.2. The number of ether oxygens (including phenoxy) is 1. The van der Waals surface area contributed by atoms with Crippen LogP contribution < -0.4 is 5.32 Å². The smallest absolute Gasteiger partial charge is 0.412 e. The Bertz CT molecular complexity index is 1160. The first kappa shape index (κ1) is 26.0. The summed E-state index contributed by atoms with van der Waals surface area (Å²) in [5.74, 6) is -1.99. The van der Waals surface area contributed by atoms with Crippen molar-refractivity contribution < 1.29 is 23.4 Å². The fourth-order valence-electron chi connectivity index (χ4n) is 3.61. The van der Waals surface area contributed by atoms with Gasteiger partial charge >= 0.3 is 6.09 Å². The summed E-state index contributed by atoms with van der Waals surface area (Å²) in [7, 11) is 0. The molecule has 0 aliphatic carbocycles. The Labute approximate surface area is 203 Å². The van der Waals surface area contributed by atoms with E-state index in [1.165, 1.54) is 23.4 Å². The Morgan fingerprint density at radius 1 is 1.20 bits per heavy atom. The third-order valence-electron chi connectivity index (χ3n) is 5.44. The van der Waals surface area contributed by atoms with E-state index in [-0.39, 0.29) is 12.1 Å². The molecule has 3 rings (SSSR count). The summed E-state index contributed by atoms with van der Waals surface area (Å²) in [6.45, 7) is 7.12. The van der Waals surface area contributed by atoms with E-state index in [1.54, 1.807) is 39.8 Å². The first-order chi connectivity index (χ1) is 16.5. The van der Waals surface area contributed by atoms with Gasteiger partial charge in [-0.15, -0.1) is 0 Å². The number of hydrogen-bond donors (Lipinski definition) is 2. The zero-order valence-corrected chi connectivity index (χ0v) is 20.2. The molecule has 0 fully saturated rings. The molecular formula is C26H30F2N4O3. The second-order valence-electron chi connectivity index (χ2n) is 9.43. The molecule has 3 aromatic rings. The second kappa shape index (κ2) is 10.8. The summed E-state index contributed by atoms with van der Waals surface area (Å²) >= 11 is 0. The first-order valence-electron chi connectivity index (χ1n) is 11.2. The van der Waals surface area contributed by atoms with Crippen molar-refractivity contribution in [3.05, 3.63) is 84.0 Å². The molecular weight excluding hydrogens is 454 g/mol. The Kier molecular flexibility index (Phi) is 8.01. The number of benzene rings is 2. The number of halogens is 2. The van der Waals surface area contributed by atoms with Crippen molar-refractivity contribution in [2.75, 3.05) is 5.32 Å². The molecule has 0 unspecified atom stereocenters. The van der Waals surface area contributed by atoms with Crippen LogP contribution in [-0.2, 0) is 16.9 Å². The number of nitrogens with one attached hydrogen (secondary N) is 1. The molecule has 1 heterocycles. The number of rotatable bonds is 8. The molecule has 1 aromatic heterocycles. The van der Waals surface area contributed by atoms with Crippen LogP contribution in [0.2, 0.25) is 0 Å². The highest BCUT2D eigenvalue weighted by atomic mass is 19.1. The monoisotopic (exact) mass is 484 g/mol. The normalized spacial score (nSPS) is 14.5. The number of hydrogen-bond acceptors (Lipinski definition) is 5. The van der Waals surface area contributed by atoms with Gasteiger partial charge in [0, 0.05) is 17.3 Å². The summed E-state index contributed by atoms with van der Waals surface area (Å²) in [5.41, 5.74) is -0.779. The standard InChI is InChI=1S/C26H30F2N4O3/c1-18(6-5-7-19-8-11-21(12-9-19)31-24(33)35-25(2,3)4)26(34,15-32-17-29-16-30-32)22-13-10-20(27)14-23(22)28/h5,7-14,16-18,34H,6,15H2,1-4H3,(H,31,33)/b7-5+/t18-,26+/m0/s1. The van der Waals surface area contributed by atoms with Crippen LogP contribution >= 0.6 is 0 Å². The van der Waals surface area contributed by atoms with Crippen LogP contribution in [0.1, 0.15) is 45.2 Å². The van der Waals surface area contributed by atoms with E-state index in [4.69, 9.17) is 4.74 Å². The van der Waals surface area contributed by atoms with Gasteiger partial charge < -0.3 is 9.84 Å². The Hall–Kier alpha value is -3.59. The Morgan fingerprint density at radius 2 is 1.91 bits per heavy atom. The minimum atomic E-state index is -1.66. The number of carbonyl (C=O) groups excluding carboxylic acids is 1. The molecule has 2 aromatic carbocycles. The third-order valence-corrected chi connectivity index (χ3v) is 5.44. The van der Waals surface area contributed by atoms with Gasteiger partial charge in [-0.3, -0.25) is 5.32 Å². The highest BCUT2D eigenvalue weighted by Crippen LogP contribution is 2.35. The summed E-state index contributed by atoms with van der Waals surface area (Å²) in [5, 5.41) is 18.3. The van der Waals surface area contributed by atoms with Crippen molar-refractivity contribution in [3.63, 3.8) is 0 Å². The summed E-state index contributed by atoms with van der Waals surface area (Å²) in [4.78, 5) is 15.8. The lowest BCUT2D eigenvalue weighted by Gasteiger charge is -2.34. The van der Waals surface area contributed by atoms with E-state index in [9.17, 15) is 18.7 Å². The average Bonchev–Trinajstić information content (AvgIpc) is 3.26. The van der Waals surface area contributed by atoms with Crippen LogP contribution in [0, 0.1) is 17.6 Å². The second-order valence-corrected chi connectivity index (χ2v) is 9.43. The van der Waals surface area contributed by atoms with Gasteiger partial charge in [-0.25, -0.2) is 23.2 Å². The first-order valence-corrected chi connectivity index (χ1v) is 11.2. The van der Waals surface area contributed by atoms with Crippen molar-refractivity contribution >= 4 is 17.9 Å². The Morgan fingerprint density at radius 3 is 2.51 bits per heavy atom. The molecule has 9 heteroatoms. The molecule has 0 aliphatic rings. The van der Waals surface area contributed by atoms with Crippen molar-refractivity contribution in [3.8, 4) is 0 Å². The highest BCUT2D eigenvalue weighted by molar-refractivity contribution is 5.85. The van der Waals surface area contributed by atoms with E-state index in [0.29, 0.717) is 12.1 Å². The summed E-state index contributed by atoms with van der Waals surface area (Å²) in [6.07, 6.45) is 6.36. The van der Waals surface area contributed by atoms with Crippen LogP contribution in [0.4, 0.5) is 19.3 Å². The number of carbonyl (C=O) groups is 1. The molecule has 0 saturated carbocycles. The largest absolute Gasteiger partial charge is 0.444 e. The minimum absolute atomic E-state index is 0.00660. The molecule has 0 aliphatic heterocycles. The van der Waals surface area contributed by atoms with Crippen molar-refractivity contribution in [2.45, 2.75) is 51.9 Å². The van der Waals surface area contributed by atoms with Gasteiger partial charge in [-0.1, -0.05) is 37.3 Å². The van der Waals surface area contributed by atoms with Gasteiger partial charge in [0.25, 0.3) is 0 Å². The van der Waals surface area contributed by atoms with Gasteiger partial charge in [-0.2, -0.15) is 5.10 Å². The number of aromatic nitrogens is 3. The molecule has 0 radical (unpaired) electrons. The maximum atomic E-state index is 14.6. The molecule has 0 bridgehead atoms. The van der Waals surface area contributed by atoms with Crippen LogP contribution in [-0.4, -0.2) is 31.6 Å². The lowest BCUT2D eigenvalue weighted by atomic mass is 9.80. The van der Waals surface area contributed by atoms with Gasteiger partial charge in [0.15, 0.2) is 0 Å². The van der Waals surface area contributed by atoms with Crippen LogP contribution in [0.25, 0.3) is 6.08 Å². The third kappa shape index (κ3) is 7.19. The molecule has 186 valence electrons. The predicted octanol–water partition coefficient (Wildman–Crippen LogP) is 5.53.